The van der Waals surface area contributed by atoms with Gasteiger partial charge < -0.3 is 14.2 Å². The molecular weight excluding hydrogens is 889 g/mol. The van der Waals surface area contributed by atoms with Crippen molar-refractivity contribution in [1.82, 2.24) is 0 Å². The first-order chi connectivity index (χ1) is 35.5. The molecule has 0 saturated heterocycles. The quantitative estimate of drug-likeness (QED) is 0.0261. The van der Waals surface area contributed by atoms with Gasteiger partial charge in [0.2, 0.25) is 0 Å². The van der Waals surface area contributed by atoms with Crippen molar-refractivity contribution in [2.75, 3.05) is 13.2 Å². The molecule has 0 N–H and O–H groups in total. The summed E-state index contributed by atoms with van der Waals surface area (Å²) >= 11 is 0. The molecule has 0 radical (unpaired) electrons. The fourth-order valence-corrected chi connectivity index (χ4v) is 9.83. The lowest BCUT2D eigenvalue weighted by molar-refractivity contribution is -0.167. The van der Waals surface area contributed by atoms with Crippen molar-refractivity contribution < 1.29 is 28.6 Å². The van der Waals surface area contributed by atoms with Crippen molar-refractivity contribution in [2.45, 2.75) is 367 Å². The van der Waals surface area contributed by atoms with Gasteiger partial charge in [0.15, 0.2) is 6.10 Å². The van der Waals surface area contributed by atoms with Crippen LogP contribution in [0.3, 0.4) is 0 Å². The molecule has 0 spiro atoms. The van der Waals surface area contributed by atoms with Gasteiger partial charge in [0.05, 0.1) is 0 Å². The first kappa shape index (κ1) is 69.9. The van der Waals surface area contributed by atoms with E-state index in [9.17, 15) is 14.4 Å². The fraction of sp³-hybridized carbons (Fsp3) is 0.894. The number of rotatable bonds is 60. The maximum Gasteiger partial charge on any atom is 0.306 e. The summed E-state index contributed by atoms with van der Waals surface area (Å²) in [7, 11) is 0. The van der Waals surface area contributed by atoms with Crippen molar-refractivity contribution in [1.29, 1.82) is 0 Å². The van der Waals surface area contributed by atoms with E-state index in [4.69, 9.17) is 14.2 Å². The Morgan fingerprint density at radius 1 is 0.278 bits per heavy atom. The zero-order chi connectivity index (χ0) is 52.2. The number of carbonyl (C=O) groups excluding carboxylic acids is 3. The molecule has 0 aliphatic rings. The third-order valence-corrected chi connectivity index (χ3v) is 14.7. The molecule has 0 saturated carbocycles. The van der Waals surface area contributed by atoms with Gasteiger partial charge in [0.1, 0.15) is 13.2 Å². The minimum Gasteiger partial charge on any atom is -0.462 e. The number of ether oxygens (including phenoxy) is 3. The predicted molar refractivity (Wildman–Crippen MR) is 312 cm³/mol. The van der Waals surface area contributed by atoms with E-state index in [1.54, 1.807) is 0 Å². The number of carbonyl (C=O) groups is 3. The van der Waals surface area contributed by atoms with Gasteiger partial charge in [-0.25, -0.2) is 0 Å². The highest BCUT2D eigenvalue weighted by Crippen LogP contribution is 2.18. The number of hydrogen-bond donors (Lipinski definition) is 0. The summed E-state index contributed by atoms with van der Waals surface area (Å²) in [5.41, 5.74) is 0. The van der Waals surface area contributed by atoms with E-state index < -0.39 is 6.10 Å². The standard InChI is InChI=1S/C66H124O6/c1-4-7-10-13-15-17-19-21-23-25-27-29-31-32-33-35-36-38-40-42-44-46-48-50-53-56-59-65(68)71-62-63(61-70-64(67)58-55-52-12-9-6-3)72-66(69)60-57-54-51-49-47-45-43-41-39-37-34-30-28-26-24-22-20-18-16-14-11-8-5-2/h20,22,26,28,63H,4-19,21,23-25,27,29-62H2,1-3H3/b22-20-,28-26-. The van der Waals surface area contributed by atoms with Crippen LogP contribution in [0.4, 0.5) is 0 Å². The van der Waals surface area contributed by atoms with Crippen LogP contribution in [0.25, 0.3) is 0 Å². The van der Waals surface area contributed by atoms with E-state index in [0.29, 0.717) is 19.3 Å². The highest BCUT2D eigenvalue weighted by Gasteiger charge is 2.19. The van der Waals surface area contributed by atoms with Gasteiger partial charge in [-0.1, -0.05) is 315 Å². The summed E-state index contributed by atoms with van der Waals surface area (Å²) in [4.78, 5) is 37.9. The molecule has 0 heterocycles. The maximum atomic E-state index is 12.8. The van der Waals surface area contributed by atoms with Crippen LogP contribution in [0.1, 0.15) is 361 Å². The van der Waals surface area contributed by atoms with E-state index in [2.05, 4.69) is 45.1 Å². The van der Waals surface area contributed by atoms with Gasteiger partial charge in [-0.3, -0.25) is 14.4 Å². The lowest BCUT2D eigenvalue weighted by Gasteiger charge is -2.18. The molecule has 6 heteroatoms. The second-order valence-corrected chi connectivity index (χ2v) is 22.0. The topological polar surface area (TPSA) is 78.9 Å². The molecule has 424 valence electrons. The van der Waals surface area contributed by atoms with E-state index in [1.807, 2.05) is 0 Å². The Morgan fingerprint density at radius 3 is 0.764 bits per heavy atom. The molecule has 0 aromatic carbocycles. The minimum atomic E-state index is -0.766. The van der Waals surface area contributed by atoms with Crippen molar-refractivity contribution in [3.05, 3.63) is 24.3 Å². The van der Waals surface area contributed by atoms with Gasteiger partial charge in [-0.05, 0) is 51.4 Å². The van der Waals surface area contributed by atoms with Gasteiger partial charge in [0, 0.05) is 19.3 Å². The van der Waals surface area contributed by atoms with Crippen LogP contribution in [0.15, 0.2) is 24.3 Å². The highest BCUT2D eigenvalue weighted by atomic mass is 16.6. The Kier molecular flexibility index (Phi) is 59.6. The average Bonchev–Trinajstić information content (AvgIpc) is 3.38. The molecule has 0 bridgehead atoms. The Bertz CT molecular complexity index is 1160. The predicted octanol–water partition coefficient (Wildman–Crippen LogP) is 21.8. The van der Waals surface area contributed by atoms with Crippen LogP contribution in [0.2, 0.25) is 0 Å². The molecule has 0 aromatic heterocycles. The molecule has 0 aliphatic carbocycles. The summed E-state index contributed by atoms with van der Waals surface area (Å²) in [5, 5.41) is 0. The van der Waals surface area contributed by atoms with Crippen LogP contribution in [0.5, 0.6) is 0 Å². The smallest absolute Gasteiger partial charge is 0.306 e. The van der Waals surface area contributed by atoms with Gasteiger partial charge >= 0.3 is 17.9 Å². The number of unbranched alkanes of at least 4 members (excludes halogenated alkanes) is 45. The summed E-state index contributed by atoms with van der Waals surface area (Å²) in [5.74, 6) is -0.861. The Morgan fingerprint density at radius 2 is 0.500 bits per heavy atom. The summed E-state index contributed by atoms with van der Waals surface area (Å²) in [6, 6.07) is 0. The van der Waals surface area contributed by atoms with Crippen LogP contribution < -0.4 is 0 Å². The van der Waals surface area contributed by atoms with E-state index in [0.717, 1.165) is 70.6 Å². The molecule has 0 amide bonds. The number of hydrogen-bond acceptors (Lipinski definition) is 6. The molecule has 1 atom stereocenters. The third kappa shape index (κ3) is 58.8. The molecular formula is C66H124O6. The molecule has 0 fully saturated rings. The average molecular weight is 1010 g/mol. The molecule has 0 rings (SSSR count). The van der Waals surface area contributed by atoms with Crippen LogP contribution in [0, 0.1) is 0 Å². The van der Waals surface area contributed by atoms with Crippen LogP contribution >= 0.6 is 0 Å². The molecule has 0 aromatic rings. The Labute approximate surface area is 449 Å². The zero-order valence-corrected chi connectivity index (χ0v) is 48.7. The Balaban J connectivity index is 3.97. The lowest BCUT2D eigenvalue weighted by Crippen LogP contribution is -2.30. The normalized spacial score (nSPS) is 12.1. The SMILES string of the molecule is CCCCCCC/C=C\C/C=C\CCCCCCCCCCCCCC(=O)OC(COC(=O)CCCCCCC)COC(=O)CCCCCCCCCCCCCCCCCCCCCCCCCCCC. The van der Waals surface area contributed by atoms with E-state index in [1.165, 1.54) is 250 Å². The third-order valence-electron chi connectivity index (χ3n) is 14.7. The van der Waals surface area contributed by atoms with E-state index >= 15 is 0 Å². The van der Waals surface area contributed by atoms with Crippen molar-refractivity contribution >= 4 is 17.9 Å². The molecule has 1 unspecified atom stereocenters. The first-order valence-corrected chi connectivity index (χ1v) is 32.3. The first-order valence-electron chi connectivity index (χ1n) is 32.3. The lowest BCUT2D eigenvalue weighted by atomic mass is 10.0. The maximum absolute atomic E-state index is 12.8. The van der Waals surface area contributed by atoms with Crippen LogP contribution in [-0.2, 0) is 28.6 Å². The molecule has 6 nitrogen and oxygen atoms in total. The Hall–Kier alpha value is -2.11. The molecule has 0 aliphatic heterocycles. The monoisotopic (exact) mass is 1010 g/mol. The number of esters is 3. The van der Waals surface area contributed by atoms with Crippen molar-refractivity contribution in [3.8, 4) is 0 Å². The fourth-order valence-electron chi connectivity index (χ4n) is 9.83. The molecule has 72 heavy (non-hydrogen) atoms. The van der Waals surface area contributed by atoms with Crippen molar-refractivity contribution in [3.63, 3.8) is 0 Å². The summed E-state index contributed by atoms with van der Waals surface area (Å²) in [6.07, 6.45) is 73.9. The van der Waals surface area contributed by atoms with Gasteiger partial charge in [0.25, 0.3) is 0 Å². The van der Waals surface area contributed by atoms with Gasteiger partial charge in [-0.15, -0.1) is 0 Å². The summed E-state index contributed by atoms with van der Waals surface area (Å²) in [6.45, 7) is 6.61. The zero-order valence-electron chi connectivity index (χ0n) is 48.7. The minimum absolute atomic E-state index is 0.0674. The van der Waals surface area contributed by atoms with Gasteiger partial charge in [-0.2, -0.15) is 0 Å². The van der Waals surface area contributed by atoms with Crippen molar-refractivity contribution in [2.24, 2.45) is 0 Å². The second-order valence-electron chi connectivity index (χ2n) is 22.0. The van der Waals surface area contributed by atoms with Crippen LogP contribution in [-0.4, -0.2) is 37.2 Å². The van der Waals surface area contributed by atoms with E-state index in [-0.39, 0.29) is 31.1 Å². The number of allylic oxidation sites excluding steroid dienone is 4. The summed E-state index contributed by atoms with van der Waals surface area (Å²) < 4.78 is 16.8. The largest absolute Gasteiger partial charge is 0.462 e. The highest BCUT2D eigenvalue weighted by molar-refractivity contribution is 5.71. The second kappa shape index (κ2) is 61.4.